The summed E-state index contributed by atoms with van der Waals surface area (Å²) in [4.78, 5) is 12.3. The van der Waals surface area contributed by atoms with Gasteiger partial charge in [-0.15, -0.1) is 0 Å². The second kappa shape index (κ2) is 5.84. The summed E-state index contributed by atoms with van der Waals surface area (Å²) in [6.07, 6.45) is 0. The van der Waals surface area contributed by atoms with Crippen LogP contribution in [0.4, 0.5) is 11.4 Å². The largest absolute Gasteiger partial charge is 0.496 e. The maximum atomic E-state index is 12.3. The van der Waals surface area contributed by atoms with E-state index in [0.717, 1.165) is 5.56 Å². The average Bonchev–Trinajstić information content (AvgIpc) is 2.41. The third kappa shape index (κ3) is 3.03. The third-order valence-corrected chi connectivity index (χ3v) is 3.16. The zero-order valence-corrected chi connectivity index (χ0v) is 12.0. The van der Waals surface area contributed by atoms with Gasteiger partial charge in [-0.1, -0.05) is 17.7 Å². The first-order valence-electron chi connectivity index (χ1n) is 6.02. The van der Waals surface area contributed by atoms with Gasteiger partial charge in [0, 0.05) is 11.8 Å². The van der Waals surface area contributed by atoms with Gasteiger partial charge in [0.15, 0.2) is 0 Å². The van der Waals surface area contributed by atoms with E-state index in [1.165, 1.54) is 7.11 Å². The molecule has 1 amide bonds. The lowest BCUT2D eigenvalue weighted by molar-refractivity contribution is 0.102. The topological polar surface area (TPSA) is 64.3 Å². The fourth-order valence-corrected chi connectivity index (χ4v) is 2.09. The number of hydrogen-bond donors (Lipinski definition) is 2. The minimum Gasteiger partial charge on any atom is -0.496 e. The highest BCUT2D eigenvalue weighted by molar-refractivity contribution is 6.34. The van der Waals surface area contributed by atoms with Gasteiger partial charge in [0.25, 0.3) is 5.91 Å². The quantitative estimate of drug-likeness (QED) is 0.851. The maximum absolute atomic E-state index is 12.3. The molecule has 20 heavy (non-hydrogen) atoms. The van der Waals surface area contributed by atoms with Crippen molar-refractivity contribution in [2.45, 2.75) is 6.92 Å². The molecule has 0 saturated heterocycles. The Morgan fingerprint density at radius 2 is 2.00 bits per heavy atom. The summed E-state index contributed by atoms with van der Waals surface area (Å²) >= 11 is 6.09. The van der Waals surface area contributed by atoms with Gasteiger partial charge in [0.05, 0.1) is 23.4 Å². The molecule has 2 aromatic carbocycles. The highest BCUT2D eigenvalue weighted by Gasteiger charge is 2.14. The van der Waals surface area contributed by atoms with Crippen LogP contribution >= 0.6 is 11.6 Å². The number of nitrogen functional groups attached to an aromatic ring is 1. The number of carbonyl (C=O) groups excluding carboxylic acids is 1. The molecule has 5 heteroatoms. The lowest BCUT2D eigenvalue weighted by atomic mass is 10.1. The fourth-order valence-electron chi connectivity index (χ4n) is 1.81. The van der Waals surface area contributed by atoms with Gasteiger partial charge in [-0.25, -0.2) is 0 Å². The molecular formula is C15H15ClN2O2. The predicted octanol–water partition coefficient (Wildman–Crippen LogP) is 3.49. The summed E-state index contributed by atoms with van der Waals surface area (Å²) in [5.74, 6) is 0.123. The van der Waals surface area contributed by atoms with Gasteiger partial charge in [0.1, 0.15) is 5.75 Å². The monoisotopic (exact) mass is 290 g/mol. The molecule has 2 aromatic rings. The standard InChI is InChI=1S/C15H15ClN2O2/c1-9-3-6-13(12(16)7-9)18-15(19)11-5-4-10(17)8-14(11)20-2/h3-8H,17H2,1-2H3,(H,18,19). The van der Waals surface area contributed by atoms with Gasteiger partial charge in [-0.3, -0.25) is 4.79 Å². The normalized spacial score (nSPS) is 10.2. The number of carbonyl (C=O) groups is 1. The number of nitrogens with one attached hydrogen (secondary N) is 1. The van der Waals surface area contributed by atoms with Gasteiger partial charge in [-0.05, 0) is 36.8 Å². The Kier molecular flexibility index (Phi) is 4.15. The predicted molar refractivity (Wildman–Crippen MR) is 81.5 cm³/mol. The Labute approximate surface area is 122 Å². The maximum Gasteiger partial charge on any atom is 0.259 e. The number of hydrogen-bond acceptors (Lipinski definition) is 3. The molecule has 0 saturated carbocycles. The SMILES string of the molecule is COc1cc(N)ccc1C(=O)Nc1ccc(C)cc1Cl. The summed E-state index contributed by atoms with van der Waals surface area (Å²) in [5, 5.41) is 3.25. The van der Waals surface area contributed by atoms with Crippen LogP contribution in [0.2, 0.25) is 5.02 Å². The molecule has 2 rings (SSSR count). The van der Waals surface area contributed by atoms with Crippen LogP contribution in [-0.4, -0.2) is 13.0 Å². The molecule has 0 bridgehead atoms. The minimum absolute atomic E-state index is 0.299. The average molecular weight is 291 g/mol. The summed E-state index contributed by atoms with van der Waals surface area (Å²) in [5.41, 5.74) is 8.18. The zero-order valence-electron chi connectivity index (χ0n) is 11.2. The van der Waals surface area contributed by atoms with Crippen LogP contribution in [0.3, 0.4) is 0 Å². The van der Waals surface area contributed by atoms with Crippen LogP contribution in [0, 0.1) is 6.92 Å². The van der Waals surface area contributed by atoms with Crippen LogP contribution < -0.4 is 15.8 Å². The Balaban J connectivity index is 2.28. The van der Waals surface area contributed by atoms with Crippen molar-refractivity contribution in [2.75, 3.05) is 18.2 Å². The van der Waals surface area contributed by atoms with Crippen molar-refractivity contribution in [1.29, 1.82) is 0 Å². The number of nitrogens with two attached hydrogens (primary N) is 1. The zero-order chi connectivity index (χ0) is 14.7. The van der Waals surface area contributed by atoms with Gasteiger partial charge >= 0.3 is 0 Å². The summed E-state index contributed by atoms with van der Waals surface area (Å²) < 4.78 is 5.16. The molecule has 0 aliphatic heterocycles. The molecule has 0 fully saturated rings. The number of ether oxygens (including phenoxy) is 1. The van der Waals surface area contributed by atoms with Gasteiger partial charge in [-0.2, -0.15) is 0 Å². The number of rotatable bonds is 3. The van der Waals surface area contributed by atoms with Crippen molar-refractivity contribution >= 4 is 28.9 Å². The molecule has 0 spiro atoms. The number of methoxy groups -OCH3 is 1. The van der Waals surface area contributed by atoms with E-state index in [1.807, 2.05) is 13.0 Å². The molecule has 3 N–H and O–H groups in total. The van der Waals surface area contributed by atoms with Crippen molar-refractivity contribution in [2.24, 2.45) is 0 Å². The van der Waals surface area contributed by atoms with Crippen molar-refractivity contribution in [3.63, 3.8) is 0 Å². The Morgan fingerprint density at radius 1 is 1.25 bits per heavy atom. The first kappa shape index (κ1) is 14.2. The summed E-state index contributed by atoms with van der Waals surface area (Å²) in [6.45, 7) is 1.93. The van der Waals surface area contributed by atoms with Gasteiger partial charge in [0.2, 0.25) is 0 Å². The summed E-state index contributed by atoms with van der Waals surface area (Å²) in [6, 6.07) is 10.3. The second-order valence-corrected chi connectivity index (χ2v) is 4.80. The van der Waals surface area contributed by atoms with Crippen LogP contribution in [-0.2, 0) is 0 Å². The fraction of sp³-hybridized carbons (Fsp3) is 0.133. The van der Waals surface area contributed by atoms with E-state index in [4.69, 9.17) is 22.1 Å². The third-order valence-electron chi connectivity index (χ3n) is 2.84. The van der Waals surface area contributed by atoms with Crippen LogP contribution in [0.1, 0.15) is 15.9 Å². The number of anilines is 2. The first-order valence-corrected chi connectivity index (χ1v) is 6.40. The van der Waals surface area contributed by atoms with Crippen molar-refractivity contribution < 1.29 is 9.53 Å². The lowest BCUT2D eigenvalue weighted by Gasteiger charge is -2.11. The van der Waals surface area contributed by atoms with Gasteiger partial charge < -0.3 is 15.8 Å². The number of aryl methyl sites for hydroxylation is 1. The van der Waals surface area contributed by atoms with E-state index in [-0.39, 0.29) is 5.91 Å². The molecule has 0 aliphatic carbocycles. The Morgan fingerprint density at radius 3 is 2.65 bits per heavy atom. The first-order chi connectivity index (χ1) is 9.51. The van der Waals surface area contributed by atoms with E-state index in [1.54, 1.807) is 30.3 Å². The lowest BCUT2D eigenvalue weighted by Crippen LogP contribution is -2.13. The molecular weight excluding hydrogens is 276 g/mol. The number of amides is 1. The van der Waals surface area contributed by atoms with E-state index in [2.05, 4.69) is 5.32 Å². The minimum atomic E-state index is -0.299. The smallest absolute Gasteiger partial charge is 0.259 e. The van der Waals surface area contributed by atoms with E-state index in [0.29, 0.717) is 27.7 Å². The van der Waals surface area contributed by atoms with E-state index in [9.17, 15) is 4.79 Å². The summed E-state index contributed by atoms with van der Waals surface area (Å²) in [7, 11) is 1.49. The van der Waals surface area contributed by atoms with Crippen LogP contribution in [0.15, 0.2) is 36.4 Å². The van der Waals surface area contributed by atoms with Crippen LogP contribution in [0.5, 0.6) is 5.75 Å². The second-order valence-electron chi connectivity index (χ2n) is 4.40. The molecule has 104 valence electrons. The highest BCUT2D eigenvalue weighted by atomic mass is 35.5. The molecule has 0 heterocycles. The number of halogens is 1. The van der Waals surface area contributed by atoms with Crippen molar-refractivity contribution in [3.8, 4) is 5.75 Å². The highest BCUT2D eigenvalue weighted by Crippen LogP contribution is 2.26. The van der Waals surface area contributed by atoms with Crippen molar-refractivity contribution in [1.82, 2.24) is 0 Å². The number of benzene rings is 2. The Bertz CT molecular complexity index is 656. The molecule has 4 nitrogen and oxygen atoms in total. The molecule has 0 unspecified atom stereocenters. The van der Waals surface area contributed by atoms with Crippen LogP contribution in [0.25, 0.3) is 0 Å². The van der Waals surface area contributed by atoms with E-state index < -0.39 is 0 Å². The van der Waals surface area contributed by atoms with E-state index >= 15 is 0 Å². The molecule has 0 radical (unpaired) electrons. The van der Waals surface area contributed by atoms with Crippen molar-refractivity contribution in [3.05, 3.63) is 52.5 Å². The molecule has 0 atom stereocenters. The molecule has 0 aliphatic rings. The Hall–Kier alpha value is -2.20. The molecule has 0 aromatic heterocycles.